The van der Waals surface area contributed by atoms with Crippen LogP contribution in [0.15, 0.2) is 83.0 Å². The van der Waals surface area contributed by atoms with Gasteiger partial charge in [0, 0.05) is 19.5 Å². The van der Waals surface area contributed by atoms with E-state index in [-0.39, 0.29) is 32.3 Å². The Balaban J connectivity index is 1.40. The van der Waals surface area contributed by atoms with Crippen LogP contribution in [0.1, 0.15) is 0 Å². The van der Waals surface area contributed by atoms with Crippen molar-refractivity contribution in [3.63, 3.8) is 0 Å². The Morgan fingerprint density at radius 2 is 0.870 bits per heavy atom. The highest BCUT2D eigenvalue weighted by molar-refractivity contribution is 7.19. The van der Waals surface area contributed by atoms with Crippen molar-refractivity contribution in [2.45, 2.75) is 12.7 Å². The lowest BCUT2D eigenvalue weighted by atomic mass is 9.97. The molecule has 1 aliphatic heterocycles. The van der Waals surface area contributed by atoms with Crippen LogP contribution in [-0.4, -0.2) is 22.6 Å². The van der Waals surface area contributed by atoms with Gasteiger partial charge in [0.2, 0.25) is 0 Å². The average molecular weight is 679 g/mol. The molecule has 0 aliphatic carbocycles. The van der Waals surface area contributed by atoms with E-state index in [0.717, 1.165) is 46.9 Å². The van der Waals surface area contributed by atoms with E-state index < -0.39 is 45.4 Å². The van der Waals surface area contributed by atoms with E-state index in [1.807, 2.05) is 0 Å². The number of ether oxygens (including phenoxy) is 2. The minimum Gasteiger partial charge on any atom is -0.406 e. The van der Waals surface area contributed by atoms with Crippen molar-refractivity contribution in [2.24, 2.45) is 10.2 Å². The fourth-order valence-electron chi connectivity index (χ4n) is 4.67. The number of rotatable bonds is 8. The van der Waals surface area contributed by atoms with Crippen molar-refractivity contribution in [1.82, 2.24) is 0 Å². The van der Waals surface area contributed by atoms with Gasteiger partial charge in [0.25, 0.3) is 0 Å². The number of fused-ring (bicyclic) bond motifs is 1. The minimum atomic E-state index is -4.88. The molecule has 0 amide bonds. The normalized spacial score (nSPS) is 12.4. The van der Waals surface area contributed by atoms with Crippen LogP contribution in [0, 0.1) is 20.2 Å². The van der Waals surface area contributed by atoms with E-state index in [4.69, 9.17) is 0 Å². The predicted molar refractivity (Wildman–Crippen MR) is 155 cm³/mol. The van der Waals surface area contributed by atoms with Crippen LogP contribution >= 0.6 is 22.7 Å². The lowest BCUT2D eigenvalue weighted by molar-refractivity contribution is -0.421. The fourth-order valence-corrected chi connectivity index (χ4v) is 6.78. The van der Waals surface area contributed by atoms with Crippen LogP contribution in [-0.2, 0) is 0 Å². The smallest absolute Gasteiger partial charge is 0.406 e. The Bertz CT molecular complexity index is 1890. The molecule has 3 heterocycles. The van der Waals surface area contributed by atoms with Crippen LogP contribution < -0.4 is 9.47 Å². The third-order valence-electron chi connectivity index (χ3n) is 6.46. The summed E-state index contributed by atoms with van der Waals surface area (Å²) in [6.45, 7) is 0. The molecule has 0 bridgehead atoms. The van der Waals surface area contributed by atoms with Gasteiger partial charge in [0.05, 0.1) is 9.85 Å². The molecule has 0 N–H and O–H groups in total. The van der Waals surface area contributed by atoms with Gasteiger partial charge in [-0.15, -0.1) is 59.2 Å². The molecule has 0 fully saturated rings. The van der Waals surface area contributed by atoms with Crippen molar-refractivity contribution >= 4 is 45.4 Å². The lowest BCUT2D eigenvalue weighted by Gasteiger charge is -2.16. The van der Waals surface area contributed by atoms with Crippen LogP contribution in [0.25, 0.3) is 41.8 Å². The largest absolute Gasteiger partial charge is 0.573 e. The standard InChI is InChI=1S/C28H12F6N4O6S2/c29-27(30,31)43-15-5-1-13(2-6-15)17-9-11-19(45-17)21-23-24(36-35-23)22(26(38(41)42)25(21)37(39)40)20-12-10-18(46-20)14-3-7-16(8-4-14)44-28(32,33)34/h1-12H. The van der Waals surface area contributed by atoms with Crippen LogP contribution in [0.2, 0.25) is 0 Å². The number of nitrogens with zero attached hydrogens (tertiary/aromatic N) is 4. The van der Waals surface area contributed by atoms with Crippen molar-refractivity contribution in [2.75, 3.05) is 0 Å². The molecular formula is C28H12F6N4O6S2. The molecule has 0 unspecified atom stereocenters. The molecular weight excluding hydrogens is 666 g/mol. The number of hydrogen-bond acceptors (Lipinski definition) is 10. The molecule has 0 saturated carbocycles. The van der Waals surface area contributed by atoms with Gasteiger partial charge >= 0.3 is 24.1 Å². The van der Waals surface area contributed by atoms with Gasteiger partial charge in [0.15, 0.2) is 0 Å². The Labute approximate surface area is 260 Å². The molecule has 234 valence electrons. The number of benzene rings is 3. The molecule has 2 aromatic heterocycles. The summed E-state index contributed by atoms with van der Waals surface area (Å²) in [4.78, 5) is 24.5. The Morgan fingerprint density at radius 3 is 1.15 bits per heavy atom. The number of alkyl halides is 6. The number of thiophene rings is 2. The van der Waals surface area contributed by atoms with Crippen molar-refractivity contribution < 1.29 is 45.7 Å². The van der Waals surface area contributed by atoms with Crippen molar-refractivity contribution in [3.05, 3.63) is 93.0 Å². The van der Waals surface area contributed by atoms with Gasteiger partial charge in [-0.2, -0.15) is 0 Å². The van der Waals surface area contributed by atoms with E-state index in [1.165, 1.54) is 36.4 Å². The zero-order chi connectivity index (χ0) is 33.0. The fraction of sp³-hybridized carbons (Fsp3) is 0.0714. The second-order valence-corrected chi connectivity index (χ2v) is 11.5. The quantitative estimate of drug-likeness (QED) is 0.0895. The molecule has 3 aromatic carbocycles. The maximum atomic E-state index is 12.5. The second kappa shape index (κ2) is 11.2. The first-order valence-electron chi connectivity index (χ1n) is 12.6. The topological polar surface area (TPSA) is 129 Å². The number of nitro groups is 2. The Morgan fingerprint density at radius 1 is 0.543 bits per heavy atom. The monoisotopic (exact) mass is 678 g/mol. The van der Waals surface area contributed by atoms with Crippen LogP contribution in [0.5, 0.6) is 11.5 Å². The van der Waals surface area contributed by atoms with E-state index >= 15 is 0 Å². The Kier molecular flexibility index (Phi) is 7.48. The average Bonchev–Trinajstić information content (AvgIpc) is 3.62. The van der Waals surface area contributed by atoms with Gasteiger partial charge < -0.3 is 9.47 Å². The van der Waals surface area contributed by atoms with Gasteiger partial charge in [-0.25, -0.2) is 0 Å². The SMILES string of the molecule is O=[N+]([O-])c1c(-c2ccc(-c3ccc(OC(F)(F)F)cc3)s2)c2c(c(-c3ccc(-c4ccc(OC(F)(F)F)cc4)s3)c1[N+](=O)[O-])N=N2. The molecule has 0 radical (unpaired) electrons. The van der Waals surface area contributed by atoms with Gasteiger partial charge in [0.1, 0.15) is 34.0 Å². The molecule has 10 nitrogen and oxygen atoms in total. The first-order valence-corrected chi connectivity index (χ1v) is 14.2. The second-order valence-electron chi connectivity index (χ2n) is 9.33. The summed E-state index contributed by atoms with van der Waals surface area (Å²) in [6.07, 6.45) is -9.75. The first-order chi connectivity index (χ1) is 21.7. The third kappa shape index (κ3) is 5.98. The molecule has 1 aliphatic rings. The molecule has 0 spiro atoms. The molecule has 5 aromatic rings. The lowest BCUT2D eigenvalue weighted by Crippen LogP contribution is -2.16. The molecule has 46 heavy (non-hydrogen) atoms. The highest BCUT2D eigenvalue weighted by atomic mass is 32.1. The summed E-state index contributed by atoms with van der Waals surface area (Å²) >= 11 is 2.01. The van der Waals surface area contributed by atoms with E-state index in [1.54, 1.807) is 12.1 Å². The van der Waals surface area contributed by atoms with E-state index in [9.17, 15) is 46.6 Å². The Hall–Kier alpha value is -5.36. The summed E-state index contributed by atoms with van der Waals surface area (Å²) in [5.41, 5.74) is -0.942. The number of nitro benzene ring substituents is 2. The minimum absolute atomic E-state index is 0.0400. The maximum absolute atomic E-state index is 12.5. The number of azo groups is 1. The molecule has 0 saturated heterocycles. The van der Waals surface area contributed by atoms with Crippen molar-refractivity contribution in [3.8, 4) is 53.3 Å². The van der Waals surface area contributed by atoms with Gasteiger partial charge in [-0.05, 0) is 83.9 Å². The van der Waals surface area contributed by atoms with E-state index in [0.29, 0.717) is 20.9 Å². The van der Waals surface area contributed by atoms with Crippen LogP contribution in [0.3, 0.4) is 0 Å². The summed E-state index contributed by atoms with van der Waals surface area (Å²) < 4.78 is 82.9. The van der Waals surface area contributed by atoms with Gasteiger partial charge in [-0.3, -0.25) is 20.2 Å². The van der Waals surface area contributed by atoms with Crippen LogP contribution in [0.4, 0.5) is 49.1 Å². The highest BCUT2D eigenvalue weighted by Gasteiger charge is 2.43. The highest BCUT2D eigenvalue weighted by Crippen LogP contribution is 2.61. The van der Waals surface area contributed by atoms with Gasteiger partial charge in [-0.1, -0.05) is 0 Å². The number of hydrogen-bond donors (Lipinski definition) is 0. The third-order valence-corrected chi connectivity index (χ3v) is 8.76. The molecule has 6 rings (SSSR count). The zero-order valence-electron chi connectivity index (χ0n) is 22.3. The molecule has 0 atom stereocenters. The summed E-state index contributed by atoms with van der Waals surface area (Å²) in [7, 11) is 0. The summed E-state index contributed by atoms with van der Waals surface area (Å²) in [6, 6.07) is 15.9. The predicted octanol–water partition coefficient (Wildman–Crippen LogP) is 10.8. The number of halogens is 6. The summed E-state index contributed by atoms with van der Waals surface area (Å²) in [5, 5.41) is 32.7. The maximum Gasteiger partial charge on any atom is 0.573 e. The first kappa shape index (κ1) is 30.7. The zero-order valence-corrected chi connectivity index (χ0v) is 23.9. The van der Waals surface area contributed by atoms with Crippen molar-refractivity contribution in [1.29, 1.82) is 0 Å². The summed E-state index contributed by atoms with van der Waals surface area (Å²) in [5.74, 6) is -0.887. The molecule has 18 heteroatoms. The van der Waals surface area contributed by atoms with E-state index in [2.05, 4.69) is 19.7 Å².